The summed E-state index contributed by atoms with van der Waals surface area (Å²) in [6, 6.07) is 19.5. The van der Waals surface area contributed by atoms with Crippen LogP contribution in [0.5, 0.6) is 0 Å². The summed E-state index contributed by atoms with van der Waals surface area (Å²) in [5, 5.41) is 0.876. The number of rotatable bonds is 3. The molecule has 0 spiro atoms. The van der Waals surface area contributed by atoms with Crippen molar-refractivity contribution in [1.82, 2.24) is 9.88 Å². The molecule has 0 aliphatic carbocycles. The first-order valence-corrected chi connectivity index (χ1v) is 8.95. The van der Waals surface area contributed by atoms with E-state index < -0.39 is 0 Å². The Balaban J connectivity index is 1.48. The van der Waals surface area contributed by atoms with E-state index in [1.54, 1.807) is 12.1 Å². The topological polar surface area (TPSA) is 50.3 Å². The predicted octanol–water partition coefficient (Wildman–Crippen LogP) is 4.07. The Kier molecular flexibility index (Phi) is 4.48. The maximum Gasteiger partial charge on any atom is 0.253 e. The molecule has 1 saturated heterocycles. The number of piperidine rings is 1. The second-order valence-corrected chi connectivity index (χ2v) is 6.74. The van der Waals surface area contributed by atoms with Crippen LogP contribution in [0.3, 0.4) is 0 Å². The van der Waals surface area contributed by atoms with Gasteiger partial charge in [-0.25, -0.2) is 4.98 Å². The number of amides is 1. The molecule has 0 unspecified atom stereocenters. The molecule has 0 N–H and O–H groups in total. The number of carbonyl (C=O) groups excluding carboxylic acids is 2. The van der Waals surface area contributed by atoms with Crippen molar-refractivity contribution in [2.45, 2.75) is 18.8 Å². The van der Waals surface area contributed by atoms with Crippen LogP contribution in [0.25, 0.3) is 10.9 Å². The summed E-state index contributed by atoms with van der Waals surface area (Å²) in [6.07, 6.45) is 2.72. The molecule has 0 bridgehead atoms. The van der Waals surface area contributed by atoms with Crippen LogP contribution in [0.1, 0.15) is 45.2 Å². The lowest BCUT2D eigenvalue weighted by Crippen LogP contribution is -2.37. The zero-order chi connectivity index (χ0) is 17.9. The van der Waals surface area contributed by atoms with Crippen LogP contribution in [0.2, 0.25) is 0 Å². The molecule has 4 heteroatoms. The van der Waals surface area contributed by atoms with Gasteiger partial charge >= 0.3 is 0 Å². The number of hydrogen-bond acceptors (Lipinski definition) is 3. The fourth-order valence-electron chi connectivity index (χ4n) is 3.66. The van der Waals surface area contributed by atoms with E-state index in [-0.39, 0.29) is 5.91 Å². The number of pyridine rings is 1. The minimum atomic E-state index is 0.0675. The molecule has 2 aromatic carbocycles. The van der Waals surface area contributed by atoms with Gasteiger partial charge in [-0.1, -0.05) is 36.4 Å². The molecule has 0 atom stereocenters. The van der Waals surface area contributed by atoms with E-state index in [4.69, 9.17) is 0 Å². The lowest BCUT2D eigenvalue weighted by Gasteiger charge is -2.32. The molecule has 1 aliphatic rings. The summed E-state index contributed by atoms with van der Waals surface area (Å²) >= 11 is 0. The molecule has 0 radical (unpaired) electrons. The van der Waals surface area contributed by atoms with Gasteiger partial charge in [-0.15, -0.1) is 0 Å². The van der Waals surface area contributed by atoms with Gasteiger partial charge in [0, 0.05) is 24.0 Å². The molecule has 1 aromatic heterocycles. The monoisotopic (exact) mass is 344 g/mol. The SMILES string of the molecule is O=Cc1ccc2cc(C(=O)N3CCC(c4ccccc4)CC3)ccc2n1. The second-order valence-electron chi connectivity index (χ2n) is 6.74. The molecule has 1 aliphatic heterocycles. The second kappa shape index (κ2) is 7.08. The van der Waals surface area contributed by atoms with E-state index in [0.717, 1.165) is 43.1 Å². The highest BCUT2D eigenvalue weighted by Gasteiger charge is 2.24. The number of hydrogen-bond donors (Lipinski definition) is 0. The van der Waals surface area contributed by atoms with Gasteiger partial charge in [-0.2, -0.15) is 0 Å². The van der Waals surface area contributed by atoms with Gasteiger partial charge in [0.1, 0.15) is 5.69 Å². The normalized spacial score (nSPS) is 15.2. The summed E-state index contributed by atoms with van der Waals surface area (Å²) in [4.78, 5) is 29.9. The zero-order valence-corrected chi connectivity index (χ0v) is 14.5. The quantitative estimate of drug-likeness (QED) is 0.673. The van der Waals surface area contributed by atoms with Gasteiger partial charge in [0.25, 0.3) is 5.91 Å². The molecular formula is C22H20N2O2. The largest absolute Gasteiger partial charge is 0.339 e. The van der Waals surface area contributed by atoms with Gasteiger partial charge in [0.2, 0.25) is 0 Å². The number of likely N-dealkylation sites (tertiary alicyclic amines) is 1. The van der Waals surface area contributed by atoms with Crippen LogP contribution in [-0.2, 0) is 0 Å². The molecule has 0 saturated carbocycles. The van der Waals surface area contributed by atoms with Crippen LogP contribution in [0.15, 0.2) is 60.7 Å². The number of carbonyl (C=O) groups is 2. The van der Waals surface area contributed by atoms with Crippen LogP contribution in [-0.4, -0.2) is 35.2 Å². The van der Waals surface area contributed by atoms with Crippen molar-refractivity contribution in [1.29, 1.82) is 0 Å². The van der Waals surface area contributed by atoms with Crippen molar-refractivity contribution in [3.8, 4) is 0 Å². The zero-order valence-electron chi connectivity index (χ0n) is 14.5. The molecule has 130 valence electrons. The fourth-order valence-corrected chi connectivity index (χ4v) is 3.66. The standard InChI is InChI=1S/C22H20N2O2/c25-15-20-8-6-18-14-19(7-9-21(18)23-20)22(26)24-12-10-17(11-13-24)16-4-2-1-3-5-16/h1-9,14-15,17H,10-13H2. The summed E-state index contributed by atoms with van der Waals surface area (Å²) in [5.74, 6) is 0.598. The molecular weight excluding hydrogens is 324 g/mol. The Labute approximate surface area is 152 Å². The summed E-state index contributed by atoms with van der Waals surface area (Å²) in [6.45, 7) is 1.55. The van der Waals surface area contributed by atoms with E-state index in [9.17, 15) is 9.59 Å². The number of aldehydes is 1. The molecule has 26 heavy (non-hydrogen) atoms. The van der Waals surface area contributed by atoms with Crippen molar-refractivity contribution >= 4 is 23.1 Å². The van der Waals surface area contributed by atoms with E-state index in [1.807, 2.05) is 29.2 Å². The first kappa shape index (κ1) is 16.5. The van der Waals surface area contributed by atoms with Crippen molar-refractivity contribution in [2.24, 2.45) is 0 Å². The highest BCUT2D eigenvalue weighted by molar-refractivity contribution is 5.98. The first-order valence-electron chi connectivity index (χ1n) is 8.95. The Morgan fingerprint density at radius 1 is 1.00 bits per heavy atom. The third-order valence-corrected chi connectivity index (χ3v) is 5.13. The number of aromatic nitrogens is 1. The Hall–Kier alpha value is -3.01. The lowest BCUT2D eigenvalue weighted by atomic mass is 9.89. The van der Waals surface area contributed by atoms with Crippen LogP contribution in [0, 0.1) is 0 Å². The average molecular weight is 344 g/mol. The Morgan fingerprint density at radius 3 is 2.50 bits per heavy atom. The Morgan fingerprint density at radius 2 is 1.77 bits per heavy atom. The highest BCUT2D eigenvalue weighted by Crippen LogP contribution is 2.28. The lowest BCUT2D eigenvalue weighted by molar-refractivity contribution is 0.0713. The molecule has 1 amide bonds. The van der Waals surface area contributed by atoms with Crippen molar-refractivity contribution < 1.29 is 9.59 Å². The van der Waals surface area contributed by atoms with Crippen LogP contribution >= 0.6 is 0 Å². The smallest absolute Gasteiger partial charge is 0.253 e. The van der Waals surface area contributed by atoms with Crippen molar-refractivity contribution in [3.63, 3.8) is 0 Å². The average Bonchev–Trinajstić information content (AvgIpc) is 2.73. The number of nitrogens with zero attached hydrogens (tertiary/aromatic N) is 2. The summed E-state index contributed by atoms with van der Waals surface area (Å²) < 4.78 is 0. The number of benzene rings is 2. The first-order chi connectivity index (χ1) is 12.7. The predicted molar refractivity (Wildman–Crippen MR) is 101 cm³/mol. The third kappa shape index (κ3) is 3.23. The van der Waals surface area contributed by atoms with Crippen molar-refractivity contribution in [2.75, 3.05) is 13.1 Å². The molecule has 2 heterocycles. The van der Waals surface area contributed by atoms with E-state index in [1.165, 1.54) is 5.56 Å². The third-order valence-electron chi connectivity index (χ3n) is 5.13. The molecule has 4 rings (SSSR count). The molecule has 4 nitrogen and oxygen atoms in total. The van der Waals surface area contributed by atoms with Gasteiger partial charge in [-0.05, 0) is 48.6 Å². The van der Waals surface area contributed by atoms with Gasteiger partial charge in [-0.3, -0.25) is 9.59 Å². The van der Waals surface area contributed by atoms with Gasteiger partial charge in [0.15, 0.2) is 6.29 Å². The van der Waals surface area contributed by atoms with Gasteiger partial charge < -0.3 is 4.90 Å². The molecule has 1 fully saturated rings. The molecule has 3 aromatic rings. The van der Waals surface area contributed by atoms with Crippen LogP contribution < -0.4 is 0 Å². The fraction of sp³-hybridized carbons (Fsp3) is 0.227. The van der Waals surface area contributed by atoms with Crippen LogP contribution in [0.4, 0.5) is 0 Å². The Bertz CT molecular complexity index is 945. The number of fused-ring (bicyclic) bond motifs is 1. The van der Waals surface area contributed by atoms with E-state index >= 15 is 0 Å². The summed E-state index contributed by atoms with van der Waals surface area (Å²) in [7, 11) is 0. The van der Waals surface area contributed by atoms with Crippen molar-refractivity contribution in [3.05, 3.63) is 77.5 Å². The minimum Gasteiger partial charge on any atom is -0.339 e. The summed E-state index contributed by atoms with van der Waals surface area (Å²) in [5.41, 5.74) is 3.17. The maximum atomic E-state index is 12.9. The van der Waals surface area contributed by atoms with E-state index in [0.29, 0.717) is 17.2 Å². The highest BCUT2D eigenvalue weighted by atomic mass is 16.2. The van der Waals surface area contributed by atoms with E-state index in [2.05, 4.69) is 29.2 Å². The van der Waals surface area contributed by atoms with Gasteiger partial charge in [0.05, 0.1) is 5.52 Å². The maximum absolute atomic E-state index is 12.9. The minimum absolute atomic E-state index is 0.0675.